The average Bonchev–Trinajstić information content (AvgIpc) is 2.79. The normalized spacial score (nSPS) is 11.8. The third-order valence-corrected chi connectivity index (χ3v) is 5.21. The molecule has 0 atom stereocenters. The van der Waals surface area contributed by atoms with Crippen LogP contribution in [0.3, 0.4) is 0 Å². The molecular weight excluding hydrogens is 278 g/mol. The molecule has 0 amide bonds. The second kappa shape index (κ2) is 4.45. The predicted molar refractivity (Wildman–Crippen MR) is 78.6 cm³/mol. The van der Waals surface area contributed by atoms with Crippen LogP contribution < -0.4 is 5.14 Å². The van der Waals surface area contributed by atoms with E-state index in [1.165, 1.54) is 11.3 Å². The molecule has 3 nitrogen and oxygen atoms in total. The summed E-state index contributed by atoms with van der Waals surface area (Å²) in [6.07, 6.45) is 0. The first-order chi connectivity index (χ1) is 9.07. The van der Waals surface area contributed by atoms with E-state index in [1.807, 2.05) is 48.5 Å². The summed E-state index contributed by atoms with van der Waals surface area (Å²) in [5.74, 6) is 0. The second-order valence-electron chi connectivity index (χ2n) is 4.17. The van der Waals surface area contributed by atoms with E-state index in [1.54, 1.807) is 6.07 Å². The number of primary sulfonamides is 1. The molecule has 3 rings (SSSR count). The largest absolute Gasteiger partial charge is 0.240 e. The molecular formula is C14H11NO2S2. The summed E-state index contributed by atoms with van der Waals surface area (Å²) in [5, 5.41) is 6.07. The van der Waals surface area contributed by atoms with Gasteiger partial charge in [0, 0.05) is 10.1 Å². The lowest BCUT2D eigenvalue weighted by Gasteiger charge is -2.02. The molecule has 19 heavy (non-hydrogen) atoms. The minimum absolute atomic E-state index is 0.222. The minimum atomic E-state index is -3.75. The Balaban J connectivity index is 2.43. The van der Waals surface area contributed by atoms with Gasteiger partial charge in [-0.1, -0.05) is 48.5 Å². The van der Waals surface area contributed by atoms with Gasteiger partial charge in [0.05, 0.1) is 4.88 Å². The van der Waals surface area contributed by atoms with E-state index in [0.29, 0.717) is 10.3 Å². The Bertz CT molecular complexity index is 836. The minimum Gasteiger partial charge on any atom is -0.225 e. The highest BCUT2D eigenvalue weighted by Gasteiger charge is 2.21. The van der Waals surface area contributed by atoms with E-state index in [9.17, 15) is 8.42 Å². The van der Waals surface area contributed by atoms with E-state index in [-0.39, 0.29) is 4.90 Å². The van der Waals surface area contributed by atoms with Crippen molar-refractivity contribution in [1.82, 2.24) is 0 Å². The zero-order chi connectivity index (χ0) is 13.5. The fourth-order valence-corrected chi connectivity index (χ4v) is 4.59. The summed E-state index contributed by atoms with van der Waals surface area (Å²) < 4.78 is 24.7. The summed E-state index contributed by atoms with van der Waals surface area (Å²) in [4.78, 5) is 0.920. The maximum atomic E-state index is 11.9. The van der Waals surface area contributed by atoms with Gasteiger partial charge in [0.15, 0.2) is 0 Å². The number of rotatable bonds is 2. The number of hydrogen-bond donors (Lipinski definition) is 1. The molecule has 2 N–H and O–H groups in total. The summed E-state index contributed by atoms with van der Waals surface area (Å²) in [6.45, 7) is 0. The van der Waals surface area contributed by atoms with Crippen LogP contribution in [0.15, 0.2) is 59.5 Å². The van der Waals surface area contributed by atoms with Crippen LogP contribution >= 0.6 is 11.3 Å². The molecule has 0 aliphatic heterocycles. The molecule has 0 radical (unpaired) electrons. The van der Waals surface area contributed by atoms with E-state index in [4.69, 9.17) is 5.14 Å². The number of benzene rings is 2. The number of sulfonamides is 1. The van der Waals surface area contributed by atoms with Crippen LogP contribution in [0.4, 0.5) is 0 Å². The van der Waals surface area contributed by atoms with Gasteiger partial charge in [-0.15, -0.1) is 11.3 Å². The van der Waals surface area contributed by atoms with Crippen molar-refractivity contribution in [3.63, 3.8) is 0 Å². The van der Waals surface area contributed by atoms with Crippen LogP contribution in [-0.4, -0.2) is 8.42 Å². The molecule has 0 bridgehead atoms. The first-order valence-electron chi connectivity index (χ1n) is 5.67. The van der Waals surface area contributed by atoms with Crippen molar-refractivity contribution >= 4 is 31.4 Å². The molecule has 0 aliphatic rings. The highest BCUT2D eigenvalue weighted by molar-refractivity contribution is 7.89. The molecule has 5 heteroatoms. The fraction of sp³-hybridized carbons (Fsp3) is 0. The van der Waals surface area contributed by atoms with Crippen LogP contribution in [0.25, 0.3) is 20.5 Å². The number of thiophene rings is 1. The molecule has 1 aromatic heterocycles. The van der Waals surface area contributed by atoms with Gasteiger partial charge in [-0.2, -0.15) is 0 Å². The molecule has 3 aromatic rings. The fourth-order valence-electron chi connectivity index (χ4n) is 2.08. The molecule has 0 saturated carbocycles. The van der Waals surface area contributed by atoms with Gasteiger partial charge in [0.25, 0.3) is 0 Å². The van der Waals surface area contributed by atoms with Gasteiger partial charge in [-0.05, 0) is 11.6 Å². The lowest BCUT2D eigenvalue weighted by molar-refractivity contribution is 0.599. The van der Waals surface area contributed by atoms with Crippen molar-refractivity contribution in [2.45, 2.75) is 4.90 Å². The summed E-state index contributed by atoms with van der Waals surface area (Å²) in [5.41, 5.74) is 0.868. The van der Waals surface area contributed by atoms with Crippen LogP contribution in [0.1, 0.15) is 0 Å². The first-order valence-corrected chi connectivity index (χ1v) is 8.03. The molecule has 0 fully saturated rings. The summed E-state index contributed by atoms with van der Waals surface area (Å²) in [6, 6.07) is 16.8. The van der Waals surface area contributed by atoms with Crippen molar-refractivity contribution in [2.24, 2.45) is 5.14 Å². The SMILES string of the molecule is NS(=O)(=O)c1c(-c2ccccc2)sc2ccccc12. The highest BCUT2D eigenvalue weighted by atomic mass is 32.2. The van der Waals surface area contributed by atoms with Crippen molar-refractivity contribution in [1.29, 1.82) is 0 Å². The Kier molecular flexibility index (Phi) is 2.89. The molecule has 1 heterocycles. The van der Waals surface area contributed by atoms with E-state index in [2.05, 4.69) is 0 Å². The molecule has 0 aliphatic carbocycles. The number of hydrogen-bond acceptors (Lipinski definition) is 3. The third kappa shape index (κ3) is 2.16. The van der Waals surface area contributed by atoms with Gasteiger partial charge >= 0.3 is 0 Å². The number of fused-ring (bicyclic) bond motifs is 1. The van der Waals surface area contributed by atoms with Gasteiger partial charge in [0.1, 0.15) is 4.90 Å². The molecule has 2 aromatic carbocycles. The maximum Gasteiger partial charge on any atom is 0.240 e. The predicted octanol–water partition coefficient (Wildman–Crippen LogP) is 3.22. The molecule has 0 unspecified atom stereocenters. The highest BCUT2D eigenvalue weighted by Crippen LogP contribution is 2.40. The van der Waals surface area contributed by atoms with Crippen LogP contribution in [0, 0.1) is 0 Å². The quantitative estimate of drug-likeness (QED) is 0.787. The van der Waals surface area contributed by atoms with E-state index in [0.717, 1.165) is 10.3 Å². The van der Waals surface area contributed by atoms with Crippen molar-refractivity contribution in [3.8, 4) is 10.4 Å². The summed E-state index contributed by atoms with van der Waals surface area (Å²) >= 11 is 1.44. The molecule has 96 valence electrons. The van der Waals surface area contributed by atoms with E-state index < -0.39 is 10.0 Å². The topological polar surface area (TPSA) is 60.2 Å². The average molecular weight is 289 g/mol. The second-order valence-corrected chi connectivity index (χ2v) is 6.72. The van der Waals surface area contributed by atoms with Gasteiger partial charge in [-0.3, -0.25) is 0 Å². The van der Waals surface area contributed by atoms with Gasteiger partial charge in [0.2, 0.25) is 10.0 Å². The lowest BCUT2D eigenvalue weighted by atomic mass is 10.1. The molecule has 0 saturated heterocycles. The van der Waals surface area contributed by atoms with Crippen LogP contribution in [0.5, 0.6) is 0 Å². The Morgan fingerprint density at radius 1 is 0.895 bits per heavy atom. The van der Waals surface area contributed by atoms with Crippen molar-refractivity contribution in [2.75, 3.05) is 0 Å². The zero-order valence-electron chi connectivity index (χ0n) is 9.91. The summed E-state index contributed by atoms with van der Waals surface area (Å²) in [7, 11) is -3.75. The first kappa shape index (κ1) is 12.3. The Labute approximate surface area is 115 Å². The zero-order valence-corrected chi connectivity index (χ0v) is 11.5. The van der Waals surface area contributed by atoms with Crippen LogP contribution in [0.2, 0.25) is 0 Å². The lowest BCUT2D eigenvalue weighted by Crippen LogP contribution is -2.12. The van der Waals surface area contributed by atoms with E-state index >= 15 is 0 Å². The maximum absolute atomic E-state index is 11.9. The Hall–Kier alpha value is -1.69. The van der Waals surface area contributed by atoms with Gasteiger partial charge < -0.3 is 0 Å². The standard InChI is InChI=1S/C14H11NO2S2/c15-19(16,17)14-11-8-4-5-9-12(11)18-13(14)10-6-2-1-3-7-10/h1-9H,(H2,15,16,17). The number of nitrogens with two attached hydrogens (primary N) is 1. The van der Waals surface area contributed by atoms with Crippen molar-refractivity contribution < 1.29 is 8.42 Å². The Morgan fingerprint density at radius 2 is 1.53 bits per heavy atom. The third-order valence-electron chi connectivity index (χ3n) is 2.87. The van der Waals surface area contributed by atoms with Crippen molar-refractivity contribution in [3.05, 3.63) is 54.6 Å². The van der Waals surface area contributed by atoms with Crippen LogP contribution in [-0.2, 0) is 10.0 Å². The monoisotopic (exact) mass is 289 g/mol. The van der Waals surface area contributed by atoms with Gasteiger partial charge in [-0.25, -0.2) is 13.6 Å². The Morgan fingerprint density at radius 3 is 2.21 bits per heavy atom. The molecule has 0 spiro atoms. The smallest absolute Gasteiger partial charge is 0.225 e.